The molecule has 0 aliphatic heterocycles. The molecule has 6 heteroatoms. The lowest BCUT2D eigenvalue weighted by atomic mass is 10.2. The van der Waals surface area contributed by atoms with Crippen LogP contribution in [0.4, 0.5) is 5.69 Å². The first-order valence-electron chi connectivity index (χ1n) is 7.26. The van der Waals surface area contributed by atoms with Gasteiger partial charge < -0.3 is 14.8 Å². The van der Waals surface area contributed by atoms with E-state index in [1.54, 1.807) is 43.3 Å². The van der Waals surface area contributed by atoms with Gasteiger partial charge in [-0.3, -0.25) is 4.79 Å². The van der Waals surface area contributed by atoms with Crippen LogP contribution in [0, 0.1) is 0 Å². The highest BCUT2D eigenvalue weighted by Gasteiger charge is 2.22. The van der Waals surface area contributed by atoms with Crippen molar-refractivity contribution in [1.82, 2.24) is 4.98 Å². The van der Waals surface area contributed by atoms with Gasteiger partial charge in [-0.25, -0.2) is 9.78 Å². The minimum atomic E-state index is -0.947. The molecule has 1 aromatic heterocycles. The quantitative estimate of drug-likeness (QED) is 0.829. The molecule has 0 unspecified atom stereocenters. The Hall–Kier alpha value is -2.89. The molecule has 1 N–H and O–H groups in total. The summed E-state index contributed by atoms with van der Waals surface area (Å²) in [6.07, 6.45) is 0.574. The number of hydrogen-bond acceptors (Lipinski definition) is 5. The summed E-state index contributed by atoms with van der Waals surface area (Å²) in [6.45, 7) is 3.67. The molecule has 6 nitrogen and oxygen atoms in total. The summed E-state index contributed by atoms with van der Waals surface area (Å²) in [5.41, 5.74) is 0.825. The van der Waals surface area contributed by atoms with E-state index in [0.29, 0.717) is 12.3 Å². The van der Waals surface area contributed by atoms with Crippen LogP contribution in [-0.4, -0.2) is 29.6 Å². The van der Waals surface area contributed by atoms with Gasteiger partial charge in [0.2, 0.25) is 5.88 Å². The number of pyridine rings is 1. The second kappa shape index (κ2) is 7.93. The zero-order chi connectivity index (χ0) is 16.7. The SMILES string of the molecule is CCOc1ncccc1C(=O)O[C@H](C)C(=O)Nc1ccccc1. The Morgan fingerprint density at radius 3 is 2.61 bits per heavy atom. The molecule has 2 rings (SSSR count). The van der Waals surface area contributed by atoms with Crippen molar-refractivity contribution in [2.75, 3.05) is 11.9 Å². The Balaban J connectivity index is 2.01. The number of para-hydroxylation sites is 1. The van der Waals surface area contributed by atoms with Gasteiger partial charge in [-0.2, -0.15) is 0 Å². The monoisotopic (exact) mass is 314 g/mol. The summed E-state index contributed by atoms with van der Waals surface area (Å²) < 4.78 is 10.5. The Kier molecular flexibility index (Phi) is 5.68. The molecule has 120 valence electrons. The summed E-state index contributed by atoms with van der Waals surface area (Å²) in [5, 5.41) is 2.68. The van der Waals surface area contributed by atoms with Gasteiger partial charge in [-0.05, 0) is 38.1 Å². The Labute approximate surface area is 134 Å². The van der Waals surface area contributed by atoms with Crippen molar-refractivity contribution in [2.45, 2.75) is 20.0 Å². The normalized spacial score (nSPS) is 11.4. The van der Waals surface area contributed by atoms with Crippen molar-refractivity contribution >= 4 is 17.6 Å². The largest absolute Gasteiger partial charge is 0.477 e. The molecule has 2 aromatic rings. The molecule has 23 heavy (non-hydrogen) atoms. The van der Waals surface area contributed by atoms with E-state index in [9.17, 15) is 9.59 Å². The fourth-order valence-electron chi connectivity index (χ4n) is 1.84. The molecule has 1 aromatic carbocycles. The minimum Gasteiger partial charge on any atom is -0.477 e. The van der Waals surface area contributed by atoms with Crippen LogP contribution in [0.5, 0.6) is 5.88 Å². The summed E-state index contributed by atoms with van der Waals surface area (Å²) in [5.74, 6) is -0.876. The number of benzene rings is 1. The van der Waals surface area contributed by atoms with Crippen LogP contribution in [0.25, 0.3) is 0 Å². The first-order valence-corrected chi connectivity index (χ1v) is 7.26. The highest BCUT2D eigenvalue weighted by molar-refractivity contribution is 5.98. The fourth-order valence-corrected chi connectivity index (χ4v) is 1.84. The van der Waals surface area contributed by atoms with Gasteiger partial charge in [0.1, 0.15) is 5.56 Å². The van der Waals surface area contributed by atoms with Crippen molar-refractivity contribution in [1.29, 1.82) is 0 Å². The third kappa shape index (κ3) is 4.54. The smallest absolute Gasteiger partial charge is 0.344 e. The van der Waals surface area contributed by atoms with Gasteiger partial charge in [-0.1, -0.05) is 18.2 Å². The highest BCUT2D eigenvalue weighted by Crippen LogP contribution is 2.16. The number of carbonyl (C=O) groups is 2. The molecule has 0 bridgehead atoms. The van der Waals surface area contributed by atoms with E-state index in [-0.39, 0.29) is 11.4 Å². The van der Waals surface area contributed by atoms with Crippen molar-refractivity contribution in [3.8, 4) is 5.88 Å². The van der Waals surface area contributed by atoms with Gasteiger partial charge in [0.05, 0.1) is 6.61 Å². The minimum absolute atomic E-state index is 0.189. The maximum absolute atomic E-state index is 12.2. The Morgan fingerprint density at radius 2 is 1.91 bits per heavy atom. The van der Waals surface area contributed by atoms with E-state index in [4.69, 9.17) is 9.47 Å². The van der Waals surface area contributed by atoms with Crippen LogP contribution in [-0.2, 0) is 9.53 Å². The standard InChI is InChI=1S/C17H18N2O4/c1-3-22-16-14(10-7-11-18-16)17(21)23-12(2)15(20)19-13-8-5-4-6-9-13/h4-12H,3H2,1-2H3,(H,19,20)/t12-/m1/s1. The lowest BCUT2D eigenvalue weighted by Gasteiger charge is -2.14. The van der Waals surface area contributed by atoms with Gasteiger partial charge >= 0.3 is 5.97 Å². The maximum Gasteiger partial charge on any atom is 0.344 e. The molecule has 0 fully saturated rings. The molecular weight excluding hydrogens is 296 g/mol. The van der Waals surface area contributed by atoms with Crippen LogP contribution in [0.3, 0.4) is 0 Å². The zero-order valence-corrected chi connectivity index (χ0v) is 13.0. The second-order valence-electron chi connectivity index (χ2n) is 4.69. The molecule has 0 radical (unpaired) electrons. The number of esters is 1. The number of anilines is 1. The Bertz CT molecular complexity index is 673. The van der Waals surface area contributed by atoms with Crippen LogP contribution < -0.4 is 10.1 Å². The number of carbonyl (C=O) groups excluding carboxylic acids is 2. The highest BCUT2D eigenvalue weighted by atomic mass is 16.5. The van der Waals surface area contributed by atoms with E-state index in [1.807, 2.05) is 6.07 Å². The topological polar surface area (TPSA) is 77.5 Å². The second-order valence-corrected chi connectivity index (χ2v) is 4.69. The molecule has 1 amide bonds. The Morgan fingerprint density at radius 1 is 1.17 bits per heavy atom. The third-order valence-corrected chi connectivity index (χ3v) is 2.97. The lowest BCUT2D eigenvalue weighted by molar-refractivity contribution is -0.123. The van der Waals surface area contributed by atoms with Crippen LogP contribution in [0.15, 0.2) is 48.7 Å². The molecule has 1 atom stereocenters. The number of rotatable bonds is 6. The van der Waals surface area contributed by atoms with Crippen LogP contribution in [0.2, 0.25) is 0 Å². The van der Waals surface area contributed by atoms with E-state index >= 15 is 0 Å². The van der Waals surface area contributed by atoms with Gasteiger partial charge in [0, 0.05) is 11.9 Å². The summed E-state index contributed by atoms with van der Waals surface area (Å²) >= 11 is 0. The number of hydrogen-bond donors (Lipinski definition) is 1. The maximum atomic E-state index is 12.2. The third-order valence-electron chi connectivity index (χ3n) is 2.97. The number of nitrogens with zero attached hydrogens (tertiary/aromatic N) is 1. The first-order chi connectivity index (χ1) is 11.1. The molecular formula is C17H18N2O4. The molecule has 0 saturated heterocycles. The van der Waals surface area contributed by atoms with Crippen molar-refractivity contribution in [2.24, 2.45) is 0 Å². The average Bonchev–Trinajstić information content (AvgIpc) is 2.56. The lowest BCUT2D eigenvalue weighted by Crippen LogP contribution is -2.30. The van der Waals surface area contributed by atoms with Crippen LogP contribution in [0.1, 0.15) is 24.2 Å². The zero-order valence-electron chi connectivity index (χ0n) is 13.0. The molecule has 0 saturated carbocycles. The fraction of sp³-hybridized carbons (Fsp3) is 0.235. The van der Waals surface area contributed by atoms with Crippen molar-refractivity contribution in [3.63, 3.8) is 0 Å². The van der Waals surface area contributed by atoms with Crippen LogP contribution >= 0.6 is 0 Å². The van der Waals surface area contributed by atoms with Crippen molar-refractivity contribution < 1.29 is 19.1 Å². The van der Waals surface area contributed by atoms with E-state index in [0.717, 1.165) is 0 Å². The van der Waals surface area contributed by atoms with E-state index < -0.39 is 18.0 Å². The predicted molar refractivity (Wildman–Crippen MR) is 85.4 cm³/mol. The molecule has 0 aliphatic rings. The predicted octanol–water partition coefficient (Wildman–Crippen LogP) is 2.66. The summed E-state index contributed by atoms with van der Waals surface area (Å²) in [7, 11) is 0. The summed E-state index contributed by atoms with van der Waals surface area (Å²) in [6, 6.07) is 12.1. The van der Waals surface area contributed by atoms with E-state index in [2.05, 4.69) is 10.3 Å². The van der Waals surface area contributed by atoms with E-state index in [1.165, 1.54) is 13.1 Å². The van der Waals surface area contributed by atoms with Gasteiger partial charge in [-0.15, -0.1) is 0 Å². The summed E-state index contributed by atoms with van der Waals surface area (Å²) in [4.78, 5) is 28.2. The number of amides is 1. The van der Waals surface area contributed by atoms with Gasteiger partial charge in [0.25, 0.3) is 5.91 Å². The number of nitrogens with one attached hydrogen (secondary N) is 1. The average molecular weight is 314 g/mol. The first kappa shape index (κ1) is 16.5. The molecule has 0 spiro atoms. The molecule has 0 aliphatic carbocycles. The van der Waals surface area contributed by atoms with Crippen molar-refractivity contribution in [3.05, 3.63) is 54.2 Å². The number of aromatic nitrogens is 1. The molecule has 1 heterocycles. The van der Waals surface area contributed by atoms with Gasteiger partial charge in [0.15, 0.2) is 6.10 Å². The number of ether oxygens (including phenoxy) is 2.